The van der Waals surface area contributed by atoms with Crippen molar-refractivity contribution >= 4 is 11.8 Å². The van der Waals surface area contributed by atoms with Crippen molar-refractivity contribution < 1.29 is 18.4 Å². The van der Waals surface area contributed by atoms with E-state index in [4.69, 9.17) is 0 Å². The molecule has 0 atom stereocenters. The molecular weight excluding hydrogens is 484 g/mol. The van der Waals surface area contributed by atoms with E-state index in [0.717, 1.165) is 49.8 Å². The fourth-order valence-electron chi connectivity index (χ4n) is 5.18. The molecule has 202 valence electrons. The molecule has 4 rings (SSSR count). The summed E-state index contributed by atoms with van der Waals surface area (Å²) in [6.07, 6.45) is 8.82. The van der Waals surface area contributed by atoms with E-state index in [-0.39, 0.29) is 35.8 Å². The molecule has 0 spiro atoms. The van der Waals surface area contributed by atoms with E-state index in [1.54, 1.807) is 23.1 Å². The van der Waals surface area contributed by atoms with Crippen LogP contribution in [0, 0.1) is 11.6 Å². The Morgan fingerprint density at radius 1 is 0.947 bits per heavy atom. The minimum absolute atomic E-state index is 0.0372. The van der Waals surface area contributed by atoms with E-state index in [1.165, 1.54) is 36.8 Å². The van der Waals surface area contributed by atoms with Gasteiger partial charge in [-0.2, -0.15) is 0 Å². The average molecular weight is 522 g/mol. The van der Waals surface area contributed by atoms with Crippen LogP contribution in [0.4, 0.5) is 8.78 Å². The number of unbranched alkanes of at least 4 members (excludes halogenated alkanes) is 1. The zero-order chi connectivity index (χ0) is 26.9. The van der Waals surface area contributed by atoms with Gasteiger partial charge in [0.25, 0.3) is 5.91 Å². The minimum atomic E-state index is -0.469. The molecule has 0 saturated heterocycles. The third-order valence-corrected chi connectivity index (χ3v) is 7.32. The van der Waals surface area contributed by atoms with Gasteiger partial charge in [0, 0.05) is 36.6 Å². The van der Waals surface area contributed by atoms with Crippen molar-refractivity contribution in [3.63, 3.8) is 0 Å². The van der Waals surface area contributed by atoms with Gasteiger partial charge in [-0.05, 0) is 67.3 Å². The number of carbonyl (C=O) groups is 2. The second-order valence-corrected chi connectivity index (χ2v) is 10.2. The van der Waals surface area contributed by atoms with Crippen LogP contribution >= 0.6 is 0 Å². The fourth-order valence-corrected chi connectivity index (χ4v) is 5.18. The molecule has 5 nitrogen and oxygen atoms in total. The van der Waals surface area contributed by atoms with Crippen molar-refractivity contribution in [3.8, 4) is 0 Å². The Morgan fingerprint density at radius 3 is 2.42 bits per heavy atom. The van der Waals surface area contributed by atoms with Crippen LogP contribution in [0.5, 0.6) is 0 Å². The lowest BCUT2D eigenvalue weighted by Gasteiger charge is -2.36. The highest BCUT2D eigenvalue weighted by molar-refractivity contribution is 5.96. The number of halogens is 2. The van der Waals surface area contributed by atoms with Crippen molar-refractivity contribution in [1.29, 1.82) is 0 Å². The Kier molecular flexibility index (Phi) is 9.68. The van der Waals surface area contributed by atoms with Gasteiger partial charge in [-0.3, -0.25) is 9.59 Å². The molecule has 1 fully saturated rings. The Labute approximate surface area is 224 Å². The molecule has 1 saturated carbocycles. The Bertz CT molecular complexity index is 1200. The van der Waals surface area contributed by atoms with Crippen molar-refractivity contribution in [2.45, 2.75) is 71.0 Å². The maximum absolute atomic E-state index is 13.9. The van der Waals surface area contributed by atoms with Gasteiger partial charge in [0.15, 0.2) is 0 Å². The van der Waals surface area contributed by atoms with Crippen LogP contribution in [0.3, 0.4) is 0 Å². The average Bonchev–Trinajstić information content (AvgIpc) is 3.37. The SMILES string of the molecule is CCCCN(CC(=O)N(Cc1cccn1Cc1ccc(F)cc1)C1CCCCC1)C(=O)c1cccc(F)c1. The summed E-state index contributed by atoms with van der Waals surface area (Å²) in [6, 6.07) is 16.2. The van der Waals surface area contributed by atoms with Crippen molar-refractivity contribution in [1.82, 2.24) is 14.4 Å². The van der Waals surface area contributed by atoms with Gasteiger partial charge in [-0.15, -0.1) is 0 Å². The van der Waals surface area contributed by atoms with E-state index in [2.05, 4.69) is 4.57 Å². The number of aromatic nitrogens is 1. The molecule has 0 aliphatic heterocycles. The molecule has 0 N–H and O–H groups in total. The number of benzene rings is 2. The standard InChI is InChI=1S/C31H37F2N3O2/c1-2-3-18-35(31(38)25-9-7-10-27(33)20-25)23-30(37)36(28-11-5-4-6-12-28)22-29-13-8-19-34(29)21-24-14-16-26(32)17-15-24/h7-10,13-17,19-20,28H,2-6,11-12,18,21-23H2,1H3. The van der Waals surface area contributed by atoms with Gasteiger partial charge in [0.1, 0.15) is 18.2 Å². The number of rotatable bonds is 11. The van der Waals surface area contributed by atoms with Crippen molar-refractivity contribution in [2.75, 3.05) is 13.1 Å². The Hall–Kier alpha value is -3.48. The predicted octanol–water partition coefficient (Wildman–Crippen LogP) is 6.42. The van der Waals surface area contributed by atoms with Crippen LogP contribution in [-0.2, 0) is 17.9 Å². The normalized spacial score (nSPS) is 13.9. The maximum Gasteiger partial charge on any atom is 0.254 e. The lowest BCUT2D eigenvalue weighted by molar-refractivity contribution is -0.135. The number of hydrogen-bond donors (Lipinski definition) is 0. The minimum Gasteiger partial charge on any atom is -0.345 e. The molecule has 0 unspecified atom stereocenters. The number of hydrogen-bond acceptors (Lipinski definition) is 2. The second-order valence-electron chi connectivity index (χ2n) is 10.2. The van der Waals surface area contributed by atoms with Crippen LogP contribution < -0.4 is 0 Å². The highest BCUT2D eigenvalue weighted by Crippen LogP contribution is 2.25. The quantitative estimate of drug-likeness (QED) is 0.292. The summed E-state index contributed by atoms with van der Waals surface area (Å²) in [6.45, 7) is 3.46. The van der Waals surface area contributed by atoms with E-state index in [0.29, 0.717) is 19.6 Å². The first-order valence-electron chi connectivity index (χ1n) is 13.7. The first-order chi connectivity index (χ1) is 18.4. The monoisotopic (exact) mass is 521 g/mol. The molecule has 2 amide bonds. The largest absolute Gasteiger partial charge is 0.345 e. The molecule has 0 bridgehead atoms. The van der Waals surface area contributed by atoms with Gasteiger partial charge < -0.3 is 14.4 Å². The first-order valence-corrected chi connectivity index (χ1v) is 13.7. The smallest absolute Gasteiger partial charge is 0.254 e. The molecule has 7 heteroatoms. The molecule has 2 aromatic carbocycles. The first kappa shape index (κ1) is 27.6. The third kappa shape index (κ3) is 7.30. The van der Waals surface area contributed by atoms with Crippen molar-refractivity contribution in [3.05, 3.63) is 95.3 Å². The number of nitrogens with zero attached hydrogens (tertiary/aromatic N) is 3. The molecule has 1 aliphatic carbocycles. The summed E-state index contributed by atoms with van der Waals surface area (Å²) in [5.74, 6) is -1.15. The van der Waals surface area contributed by atoms with E-state index in [1.807, 2.05) is 30.2 Å². The van der Waals surface area contributed by atoms with Gasteiger partial charge >= 0.3 is 0 Å². The summed E-state index contributed by atoms with van der Waals surface area (Å²) >= 11 is 0. The fraction of sp³-hybridized carbons (Fsp3) is 0.419. The third-order valence-electron chi connectivity index (χ3n) is 7.32. The Balaban J connectivity index is 1.54. The van der Waals surface area contributed by atoms with Crippen LogP contribution in [0.25, 0.3) is 0 Å². The topological polar surface area (TPSA) is 45.6 Å². The van der Waals surface area contributed by atoms with Gasteiger partial charge in [0.05, 0.1) is 6.54 Å². The van der Waals surface area contributed by atoms with Gasteiger partial charge in [-0.25, -0.2) is 8.78 Å². The Morgan fingerprint density at radius 2 is 1.71 bits per heavy atom. The summed E-state index contributed by atoms with van der Waals surface area (Å²) in [5, 5.41) is 0. The van der Waals surface area contributed by atoms with Gasteiger partial charge in [-0.1, -0.05) is 50.8 Å². The zero-order valence-electron chi connectivity index (χ0n) is 22.1. The molecule has 3 aromatic rings. The predicted molar refractivity (Wildman–Crippen MR) is 145 cm³/mol. The molecule has 0 radical (unpaired) electrons. The van der Waals surface area contributed by atoms with Crippen molar-refractivity contribution in [2.24, 2.45) is 0 Å². The van der Waals surface area contributed by atoms with Crippen LogP contribution in [-0.4, -0.2) is 45.3 Å². The zero-order valence-corrected chi connectivity index (χ0v) is 22.1. The molecular formula is C31H37F2N3O2. The van der Waals surface area contributed by atoms with E-state index < -0.39 is 5.82 Å². The lowest BCUT2D eigenvalue weighted by Crippen LogP contribution is -2.47. The second kappa shape index (κ2) is 13.4. The molecule has 1 aromatic heterocycles. The molecule has 1 heterocycles. The molecule has 1 aliphatic rings. The van der Waals surface area contributed by atoms with Gasteiger partial charge in [0.2, 0.25) is 5.91 Å². The highest BCUT2D eigenvalue weighted by atomic mass is 19.1. The number of amides is 2. The summed E-state index contributed by atoms with van der Waals surface area (Å²) in [4.78, 5) is 30.7. The van der Waals surface area contributed by atoms with E-state index >= 15 is 0 Å². The van der Waals surface area contributed by atoms with Crippen LogP contribution in [0.1, 0.15) is 73.5 Å². The summed E-state index contributed by atoms with van der Waals surface area (Å²) in [5.41, 5.74) is 2.22. The van der Waals surface area contributed by atoms with E-state index in [9.17, 15) is 18.4 Å². The summed E-state index contributed by atoms with van der Waals surface area (Å²) < 4.78 is 29.3. The van der Waals surface area contributed by atoms with Crippen LogP contribution in [0.2, 0.25) is 0 Å². The highest BCUT2D eigenvalue weighted by Gasteiger charge is 2.29. The molecule has 38 heavy (non-hydrogen) atoms. The van der Waals surface area contributed by atoms with Crippen LogP contribution in [0.15, 0.2) is 66.9 Å². The summed E-state index contributed by atoms with van der Waals surface area (Å²) in [7, 11) is 0. The lowest BCUT2D eigenvalue weighted by atomic mass is 9.94. The number of carbonyl (C=O) groups excluding carboxylic acids is 2. The maximum atomic E-state index is 13.9.